The second-order valence-corrected chi connectivity index (χ2v) is 6.81. The molecule has 0 aliphatic heterocycles. The third-order valence-electron chi connectivity index (χ3n) is 4.83. The number of aryl methyl sites for hydroxylation is 3. The van der Waals surface area contributed by atoms with E-state index in [9.17, 15) is 0 Å². The minimum Gasteiger partial charge on any atom is -0.316 e. The smallest absolute Gasteiger partial charge is 0.187 e. The number of rotatable bonds is 3. The van der Waals surface area contributed by atoms with Gasteiger partial charge in [-0.3, -0.25) is 0 Å². The summed E-state index contributed by atoms with van der Waals surface area (Å²) < 4.78 is 2.09. The molecule has 4 rings (SSSR count). The van der Waals surface area contributed by atoms with E-state index >= 15 is 0 Å². The van der Waals surface area contributed by atoms with Gasteiger partial charge in [0.1, 0.15) is 0 Å². The summed E-state index contributed by atoms with van der Waals surface area (Å²) in [5.41, 5.74) is 6.71. The largest absolute Gasteiger partial charge is 0.316 e. The van der Waals surface area contributed by atoms with Crippen LogP contribution >= 0.6 is 0 Å². The van der Waals surface area contributed by atoms with Gasteiger partial charge in [-0.15, -0.1) is 41.0 Å². The summed E-state index contributed by atoms with van der Waals surface area (Å²) in [6, 6.07) is 23.0. The van der Waals surface area contributed by atoms with Gasteiger partial charge in [0.2, 0.25) is 0 Å². The number of hydrogen-bond acceptors (Lipinski definition) is 2. The maximum Gasteiger partial charge on any atom is 0.187 e. The number of benzene rings is 3. The Morgan fingerprint density at radius 2 is 1.52 bits per heavy atom. The molecule has 0 atom stereocenters. The molecule has 0 saturated carbocycles. The van der Waals surface area contributed by atoms with E-state index in [4.69, 9.17) is 6.57 Å². The van der Waals surface area contributed by atoms with Crippen molar-refractivity contribution in [2.24, 2.45) is 0 Å². The fraction of sp³-hybridized carbons (Fsp3) is 0.125. The predicted molar refractivity (Wildman–Crippen MR) is 112 cm³/mol. The van der Waals surface area contributed by atoms with Gasteiger partial charge in [0.15, 0.2) is 11.5 Å². The molecular formula is C24H19IrN4-. The predicted octanol–water partition coefficient (Wildman–Crippen LogP) is 5.88. The molecule has 0 fully saturated rings. The van der Waals surface area contributed by atoms with Crippen molar-refractivity contribution >= 4 is 5.69 Å². The summed E-state index contributed by atoms with van der Waals surface area (Å²) in [5, 5.41) is 9.08. The maximum atomic E-state index is 7.35. The summed E-state index contributed by atoms with van der Waals surface area (Å²) >= 11 is 0. The molecule has 0 unspecified atom stereocenters. The van der Waals surface area contributed by atoms with E-state index in [1.165, 1.54) is 0 Å². The van der Waals surface area contributed by atoms with Crippen LogP contribution in [-0.2, 0) is 20.1 Å². The molecule has 1 heterocycles. The Labute approximate surface area is 184 Å². The molecule has 0 aliphatic carbocycles. The van der Waals surface area contributed by atoms with Crippen LogP contribution in [0, 0.1) is 33.4 Å². The molecule has 0 bridgehead atoms. The van der Waals surface area contributed by atoms with Crippen LogP contribution in [0.1, 0.15) is 16.7 Å². The zero-order valence-corrected chi connectivity index (χ0v) is 18.8. The zero-order valence-electron chi connectivity index (χ0n) is 16.4. The summed E-state index contributed by atoms with van der Waals surface area (Å²) in [6.45, 7) is 13.5. The van der Waals surface area contributed by atoms with Gasteiger partial charge in [-0.25, -0.2) is 4.85 Å². The minimum atomic E-state index is 0. The Morgan fingerprint density at radius 1 is 0.862 bits per heavy atom. The molecule has 5 heteroatoms. The zero-order chi connectivity index (χ0) is 19.7. The van der Waals surface area contributed by atoms with Crippen LogP contribution in [0.5, 0.6) is 0 Å². The second kappa shape index (κ2) is 8.53. The summed E-state index contributed by atoms with van der Waals surface area (Å²) in [6.07, 6.45) is 0. The topological polar surface area (TPSA) is 35.1 Å². The molecule has 0 spiro atoms. The van der Waals surface area contributed by atoms with E-state index in [0.717, 1.165) is 45.2 Å². The van der Waals surface area contributed by atoms with Crippen molar-refractivity contribution in [2.45, 2.75) is 20.8 Å². The van der Waals surface area contributed by atoms with Gasteiger partial charge in [-0.2, -0.15) is 5.10 Å². The van der Waals surface area contributed by atoms with E-state index in [1.54, 1.807) is 0 Å². The number of aromatic nitrogens is 3. The molecule has 1 radical (unpaired) electrons. The van der Waals surface area contributed by atoms with Crippen LogP contribution < -0.4 is 0 Å². The van der Waals surface area contributed by atoms with Gasteiger partial charge in [0.25, 0.3) is 0 Å². The van der Waals surface area contributed by atoms with Crippen molar-refractivity contribution in [2.75, 3.05) is 0 Å². The van der Waals surface area contributed by atoms with Crippen molar-refractivity contribution in [1.82, 2.24) is 14.8 Å². The standard InChI is InChI=1S/C24H19N4.Ir/c1-16-10-8-9-13-21(16)24-27-26-23(19-11-6-5-7-12-19)28(24)22-17(2)14-20(25-4)15-18(22)3;/h5-11,13-15H,1-3H3;/q-1;. The fourth-order valence-electron chi connectivity index (χ4n) is 3.55. The molecule has 145 valence electrons. The Morgan fingerprint density at radius 3 is 2.14 bits per heavy atom. The van der Waals surface area contributed by atoms with Gasteiger partial charge in [0, 0.05) is 31.4 Å². The van der Waals surface area contributed by atoms with Crippen molar-refractivity contribution in [3.8, 4) is 28.5 Å². The number of hydrogen-bond donors (Lipinski definition) is 0. The van der Waals surface area contributed by atoms with Crippen molar-refractivity contribution < 1.29 is 20.1 Å². The molecular weight excluding hydrogens is 537 g/mol. The maximum absolute atomic E-state index is 7.35. The Bertz CT molecular complexity index is 1180. The van der Waals surface area contributed by atoms with E-state index in [-0.39, 0.29) is 20.1 Å². The average Bonchev–Trinajstić information content (AvgIpc) is 3.12. The van der Waals surface area contributed by atoms with E-state index < -0.39 is 0 Å². The van der Waals surface area contributed by atoms with Crippen molar-refractivity contribution in [3.05, 3.63) is 94.8 Å². The fourth-order valence-corrected chi connectivity index (χ4v) is 3.55. The Kier molecular flexibility index (Phi) is 6.08. The molecule has 1 aromatic heterocycles. The quantitative estimate of drug-likeness (QED) is 0.296. The third-order valence-corrected chi connectivity index (χ3v) is 4.83. The van der Waals surface area contributed by atoms with Gasteiger partial charge in [-0.05, 0) is 37.5 Å². The first-order valence-electron chi connectivity index (χ1n) is 9.07. The van der Waals surface area contributed by atoms with Gasteiger partial charge >= 0.3 is 0 Å². The molecule has 0 saturated heterocycles. The summed E-state index contributed by atoms with van der Waals surface area (Å²) in [5.74, 6) is 1.52. The normalized spacial score (nSPS) is 10.3. The van der Waals surface area contributed by atoms with Crippen molar-refractivity contribution in [3.63, 3.8) is 0 Å². The van der Waals surface area contributed by atoms with Gasteiger partial charge in [0.05, 0.1) is 12.4 Å². The SMILES string of the molecule is [C-]#[N+]c1cc(C)c(-n2c(-c3[c-]cccc3)nnc2-c2ccccc2C)c(C)c1.[Ir]. The summed E-state index contributed by atoms with van der Waals surface area (Å²) in [4.78, 5) is 3.59. The first-order valence-corrected chi connectivity index (χ1v) is 9.07. The van der Waals surface area contributed by atoms with Crippen molar-refractivity contribution in [1.29, 1.82) is 0 Å². The van der Waals surface area contributed by atoms with E-state index in [1.807, 2.05) is 62.4 Å². The molecule has 0 N–H and O–H groups in total. The first-order chi connectivity index (χ1) is 13.6. The first kappa shape index (κ1) is 20.7. The average molecular weight is 556 g/mol. The van der Waals surface area contributed by atoms with Crippen LogP contribution in [0.3, 0.4) is 0 Å². The number of nitrogens with zero attached hydrogens (tertiary/aromatic N) is 4. The summed E-state index contributed by atoms with van der Waals surface area (Å²) in [7, 11) is 0. The molecule has 4 nitrogen and oxygen atoms in total. The van der Waals surface area contributed by atoms with E-state index in [2.05, 4.69) is 44.7 Å². The third kappa shape index (κ3) is 3.78. The molecule has 0 amide bonds. The molecule has 29 heavy (non-hydrogen) atoms. The Hall–Kier alpha value is -3.06. The van der Waals surface area contributed by atoms with Crippen LogP contribution in [0.4, 0.5) is 5.69 Å². The van der Waals surface area contributed by atoms with Crippen LogP contribution in [-0.4, -0.2) is 14.8 Å². The molecule has 0 aliphatic rings. The second-order valence-electron chi connectivity index (χ2n) is 6.81. The minimum absolute atomic E-state index is 0. The van der Waals surface area contributed by atoms with Crippen LogP contribution in [0.25, 0.3) is 33.3 Å². The van der Waals surface area contributed by atoms with Gasteiger partial charge in [-0.1, -0.05) is 36.4 Å². The van der Waals surface area contributed by atoms with E-state index in [0.29, 0.717) is 5.69 Å². The molecule has 3 aromatic carbocycles. The van der Waals surface area contributed by atoms with Crippen LogP contribution in [0.2, 0.25) is 0 Å². The molecule has 4 aromatic rings. The monoisotopic (exact) mass is 556 g/mol. The van der Waals surface area contributed by atoms with Gasteiger partial charge < -0.3 is 4.57 Å². The van der Waals surface area contributed by atoms with Crippen LogP contribution in [0.15, 0.2) is 60.7 Å². The Balaban J connectivity index is 0.00000240.